The Morgan fingerprint density at radius 1 is 1.37 bits per heavy atom. The second-order valence-corrected chi connectivity index (χ2v) is 4.60. The lowest BCUT2D eigenvalue weighted by atomic mass is 10.0. The van der Waals surface area contributed by atoms with Crippen LogP contribution in [0, 0.1) is 18.6 Å². The van der Waals surface area contributed by atoms with Crippen molar-refractivity contribution >= 4 is 0 Å². The van der Waals surface area contributed by atoms with Gasteiger partial charge in [-0.1, -0.05) is 6.07 Å². The van der Waals surface area contributed by atoms with Crippen molar-refractivity contribution in [2.45, 2.75) is 25.9 Å². The zero-order valence-corrected chi connectivity index (χ0v) is 10.9. The van der Waals surface area contributed by atoms with Gasteiger partial charge in [0.2, 0.25) is 0 Å². The van der Waals surface area contributed by atoms with Gasteiger partial charge in [-0.3, -0.25) is 0 Å². The molecule has 0 bridgehead atoms. The van der Waals surface area contributed by atoms with Gasteiger partial charge in [-0.15, -0.1) is 0 Å². The van der Waals surface area contributed by atoms with E-state index in [1.165, 1.54) is 12.1 Å². The van der Waals surface area contributed by atoms with Crippen LogP contribution in [0.25, 0.3) is 0 Å². The third-order valence-corrected chi connectivity index (χ3v) is 3.22. The van der Waals surface area contributed by atoms with E-state index in [2.05, 4.69) is 4.98 Å². The summed E-state index contributed by atoms with van der Waals surface area (Å²) in [7, 11) is 1.84. The molecule has 1 heterocycles. The minimum absolute atomic E-state index is 0.224. The maximum Gasteiger partial charge on any atom is 0.134 e. The number of hydrogen-bond donors (Lipinski definition) is 1. The Balaban J connectivity index is 2.14. The molecular weight excluding hydrogens is 250 g/mol. The number of aromatic nitrogens is 2. The molecule has 0 saturated heterocycles. The van der Waals surface area contributed by atoms with Crippen LogP contribution in [0.5, 0.6) is 0 Å². The molecule has 0 radical (unpaired) electrons. The van der Waals surface area contributed by atoms with Crippen molar-refractivity contribution in [3.8, 4) is 0 Å². The van der Waals surface area contributed by atoms with Gasteiger partial charge in [0.1, 0.15) is 17.5 Å². The molecule has 0 fully saturated rings. The Labute approximate surface area is 110 Å². The normalized spacial score (nSPS) is 12.7. The van der Waals surface area contributed by atoms with E-state index in [1.54, 1.807) is 19.3 Å². The highest BCUT2D eigenvalue weighted by atomic mass is 19.1. The first-order valence-corrected chi connectivity index (χ1v) is 6.09. The van der Waals surface area contributed by atoms with Crippen LogP contribution in [0.4, 0.5) is 8.78 Å². The molecule has 0 aliphatic rings. The van der Waals surface area contributed by atoms with Crippen LogP contribution in [-0.4, -0.2) is 14.7 Å². The number of hydrogen-bond acceptors (Lipinski definition) is 2. The fraction of sp³-hybridized carbons (Fsp3) is 0.357. The molecule has 0 saturated carbocycles. The number of nitrogens with zero attached hydrogens (tertiary/aromatic N) is 2. The quantitative estimate of drug-likeness (QED) is 0.924. The summed E-state index contributed by atoms with van der Waals surface area (Å²) in [5, 5.41) is 9.98. The van der Waals surface area contributed by atoms with Crippen LogP contribution >= 0.6 is 0 Å². The minimum Gasteiger partial charge on any atom is -0.388 e. The second kappa shape index (κ2) is 5.48. The predicted molar refractivity (Wildman–Crippen MR) is 67.6 cm³/mol. The SMILES string of the molecule is Cc1ccc(F)c(C(O)CCc2nccn2C)c1F. The van der Waals surface area contributed by atoms with Crippen LogP contribution in [0.3, 0.4) is 0 Å². The van der Waals surface area contributed by atoms with Gasteiger partial charge in [-0.2, -0.15) is 0 Å². The Morgan fingerprint density at radius 3 is 2.74 bits per heavy atom. The lowest BCUT2D eigenvalue weighted by Crippen LogP contribution is -2.08. The minimum atomic E-state index is -1.17. The van der Waals surface area contributed by atoms with Gasteiger partial charge in [0, 0.05) is 25.9 Å². The molecule has 19 heavy (non-hydrogen) atoms. The fourth-order valence-corrected chi connectivity index (χ4v) is 2.03. The molecule has 0 spiro atoms. The van der Waals surface area contributed by atoms with E-state index in [9.17, 15) is 13.9 Å². The molecule has 0 amide bonds. The van der Waals surface area contributed by atoms with Gasteiger partial charge >= 0.3 is 0 Å². The van der Waals surface area contributed by atoms with Crippen LogP contribution in [-0.2, 0) is 13.5 Å². The summed E-state index contributed by atoms with van der Waals surface area (Å²) < 4.78 is 29.3. The topological polar surface area (TPSA) is 38.1 Å². The summed E-state index contributed by atoms with van der Waals surface area (Å²) in [5.41, 5.74) is 0.0710. The molecule has 2 rings (SSSR count). The average molecular weight is 266 g/mol. The summed E-state index contributed by atoms with van der Waals surface area (Å²) in [4.78, 5) is 4.11. The lowest BCUT2D eigenvalue weighted by Gasteiger charge is -2.14. The molecule has 1 aromatic heterocycles. The van der Waals surface area contributed by atoms with Crippen molar-refractivity contribution in [1.82, 2.24) is 9.55 Å². The number of aliphatic hydroxyl groups is 1. The number of rotatable bonds is 4. The van der Waals surface area contributed by atoms with Crippen molar-refractivity contribution in [3.63, 3.8) is 0 Å². The molecular formula is C14H16F2N2O. The molecule has 0 aliphatic carbocycles. The van der Waals surface area contributed by atoms with E-state index in [0.29, 0.717) is 12.0 Å². The standard InChI is InChI=1S/C14H16F2N2O/c1-9-3-4-10(15)13(14(9)16)11(19)5-6-12-17-7-8-18(12)2/h3-4,7-8,11,19H,5-6H2,1-2H3. The lowest BCUT2D eigenvalue weighted by molar-refractivity contribution is 0.157. The molecule has 102 valence electrons. The van der Waals surface area contributed by atoms with Crippen molar-refractivity contribution in [3.05, 3.63) is 53.1 Å². The summed E-state index contributed by atoms with van der Waals surface area (Å²) >= 11 is 0. The number of halogens is 2. The monoisotopic (exact) mass is 266 g/mol. The number of aryl methyl sites for hydroxylation is 3. The highest BCUT2D eigenvalue weighted by Gasteiger charge is 2.19. The summed E-state index contributed by atoms with van der Waals surface area (Å²) in [5.74, 6) is -0.615. The van der Waals surface area contributed by atoms with Gasteiger partial charge < -0.3 is 9.67 Å². The fourth-order valence-electron chi connectivity index (χ4n) is 2.03. The Bertz CT molecular complexity index is 581. The van der Waals surface area contributed by atoms with Gasteiger partial charge in [0.25, 0.3) is 0 Å². The highest BCUT2D eigenvalue weighted by Crippen LogP contribution is 2.26. The first-order valence-electron chi connectivity index (χ1n) is 6.09. The van der Waals surface area contributed by atoms with Crippen LogP contribution in [0.2, 0.25) is 0 Å². The zero-order valence-electron chi connectivity index (χ0n) is 10.9. The number of imidazole rings is 1. The van der Waals surface area contributed by atoms with E-state index in [4.69, 9.17) is 0 Å². The molecule has 1 unspecified atom stereocenters. The van der Waals surface area contributed by atoms with E-state index < -0.39 is 17.7 Å². The summed E-state index contributed by atoms with van der Waals surface area (Å²) in [6.07, 6.45) is 2.95. The Hall–Kier alpha value is -1.75. The van der Waals surface area contributed by atoms with Crippen molar-refractivity contribution < 1.29 is 13.9 Å². The third-order valence-electron chi connectivity index (χ3n) is 3.22. The van der Waals surface area contributed by atoms with Crippen LogP contribution < -0.4 is 0 Å². The number of aliphatic hydroxyl groups excluding tert-OH is 1. The zero-order chi connectivity index (χ0) is 14.0. The summed E-state index contributed by atoms with van der Waals surface area (Å²) in [6.45, 7) is 1.55. The Kier molecular flexibility index (Phi) is 3.95. The maximum atomic E-state index is 13.8. The molecule has 3 nitrogen and oxygen atoms in total. The van der Waals surface area contributed by atoms with Crippen molar-refractivity contribution in [2.75, 3.05) is 0 Å². The highest BCUT2D eigenvalue weighted by molar-refractivity contribution is 5.28. The van der Waals surface area contributed by atoms with Gasteiger partial charge in [-0.25, -0.2) is 13.8 Å². The molecule has 0 aliphatic heterocycles. The maximum absolute atomic E-state index is 13.8. The van der Waals surface area contributed by atoms with Crippen LogP contribution in [0.15, 0.2) is 24.5 Å². The smallest absolute Gasteiger partial charge is 0.134 e. The van der Waals surface area contributed by atoms with Gasteiger partial charge in [-0.05, 0) is 25.0 Å². The first kappa shape index (κ1) is 13.7. The average Bonchev–Trinajstić information content (AvgIpc) is 2.77. The van der Waals surface area contributed by atoms with Crippen molar-refractivity contribution in [1.29, 1.82) is 0 Å². The van der Waals surface area contributed by atoms with E-state index in [-0.39, 0.29) is 12.0 Å². The molecule has 1 atom stereocenters. The van der Waals surface area contributed by atoms with E-state index >= 15 is 0 Å². The van der Waals surface area contributed by atoms with E-state index in [1.807, 2.05) is 11.6 Å². The molecule has 5 heteroatoms. The largest absolute Gasteiger partial charge is 0.388 e. The second-order valence-electron chi connectivity index (χ2n) is 4.60. The Morgan fingerprint density at radius 2 is 2.11 bits per heavy atom. The molecule has 1 N–H and O–H groups in total. The summed E-state index contributed by atoms with van der Waals surface area (Å²) in [6, 6.07) is 2.54. The van der Waals surface area contributed by atoms with Crippen LogP contribution in [0.1, 0.15) is 29.5 Å². The third kappa shape index (κ3) is 2.81. The number of benzene rings is 1. The van der Waals surface area contributed by atoms with E-state index in [0.717, 1.165) is 5.82 Å². The van der Waals surface area contributed by atoms with Gasteiger partial charge in [0.05, 0.1) is 11.7 Å². The van der Waals surface area contributed by atoms with Gasteiger partial charge in [0.15, 0.2) is 0 Å². The molecule has 2 aromatic rings. The van der Waals surface area contributed by atoms with Crippen molar-refractivity contribution in [2.24, 2.45) is 7.05 Å². The predicted octanol–water partition coefficient (Wildman–Crippen LogP) is 2.67. The first-order chi connectivity index (χ1) is 9.00. The molecule has 1 aromatic carbocycles.